The third-order valence-corrected chi connectivity index (χ3v) is 8.49. The first-order valence-electron chi connectivity index (χ1n) is 16.2. The summed E-state index contributed by atoms with van der Waals surface area (Å²) in [5.74, 6) is -2.99. The first kappa shape index (κ1) is 38.9. The van der Waals surface area contributed by atoms with E-state index in [1.54, 1.807) is 30.3 Å². The van der Waals surface area contributed by atoms with Gasteiger partial charge in [0.2, 0.25) is 29.4 Å². The average Bonchev–Trinajstić information content (AvgIpc) is 3.51. The summed E-state index contributed by atoms with van der Waals surface area (Å²) in [7, 11) is 0. The lowest BCUT2D eigenvalue weighted by Crippen LogP contribution is -2.56. The molecule has 0 fully saturated rings. The molecule has 0 aliphatic rings. The second kappa shape index (κ2) is 20.1. The number of rotatable bonds is 21. The number of thiazole rings is 1. The highest BCUT2D eigenvalue weighted by Gasteiger charge is 2.31. The number of guanidine groups is 2. The van der Waals surface area contributed by atoms with Crippen molar-refractivity contribution in [2.75, 3.05) is 13.1 Å². The maximum Gasteiger partial charge on any atom is 0.243 e. The van der Waals surface area contributed by atoms with Crippen molar-refractivity contribution in [3.63, 3.8) is 0 Å². The van der Waals surface area contributed by atoms with Gasteiger partial charge in [0.15, 0.2) is 16.9 Å². The summed E-state index contributed by atoms with van der Waals surface area (Å²) in [4.78, 5) is 78.1. The molecule has 0 aliphatic carbocycles. The Balaban J connectivity index is 1.82. The number of aromatic nitrogens is 1. The van der Waals surface area contributed by atoms with Crippen LogP contribution in [0.4, 0.5) is 0 Å². The lowest BCUT2D eigenvalue weighted by atomic mass is 10.0. The SMILES string of the molecule is NC(=O)CCC(NC(=O)CCCCN=C(N)N)C(=O)N[C@@H](Cc1ccccc1)C(=O)NC(CCCN=C(N)N)C(=O)c1nc2ccccc2s1. The molecule has 16 nitrogen and oxygen atoms in total. The maximum atomic E-state index is 14.0. The van der Waals surface area contributed by atoms with Crippen molar-refractivity contribution in [1.82, 2.24) is 20.9 Å². The number of nitrogens with one attached hydrogen (secondary N) is 3. The predicted octanol–water partition coefficient (Wildman–Crippen LogP) is -0.0611. The molecule has 50 heavy (non-hydrogen) atoms. The largest absolute Gasteiger partial charge is 0.370 e. The van der Waals surface area contributed by atoms with E-state index in [1.807, 2.05) is 24.3 Å². The summed E-state index contributed by atoms with van der Waals surface area (Å²) in [5.41, 5.74) is 28.3. The molecule has 2 unspecified atom stereocenters. The van der Waals surface area contributed by atoms with Crippen LogP contribution in [-0.4, -0.2) is 77.5 Å². The number of carbonyl (C=O) groups is 5. The number of nitrogens with two attached hydrogens (primary N) is 5. The Bertz CT molecular complexity index is 1640. The van der Waals surface area contributed by atoms with E-state index in [9.17, 15) is 24.0 Å². The summed E-state index contributed by atoms with van der Waals surface area (Å²) in [5, 5.41) is 8.41. The summed E-state index contributed by atoms with van der Waals surface area (Å²) >= 11 is 1.21. The van der Waals surface area contributed by atoms with Crippen LogP contribution in [0.5, 0.6) is 0 Å². The van der Waals surface area contributed by atoms with Gasteiger partial charge in [-0.05, 0) is 49.8 Å². The summed E-state index contributed by atoms with van der Waals surface area (Å²) in [6.07, 6.45) is 1.38. The monoisotopic (exact) mass is 707 g/mol. The minimum absolute atomic E-state index is 0.0508. The highest BCUT2D eigenvalue weighted by molar-refractivity contribution is 7.20. The van der Waals surface area contributed by atoms with Gasteiger partial charge in [0, 0.05) is 32.4 Å². The van der Waals surface area contributed by atoms with E-state index in [4.69, 9.17) is 28.7 Å². The van der Waals surface area contributed by atoms with Crippen molar-refractivity contribution < 1.29 is 24.0 Å². The zero-order valence-electron chi connectivity index (χ0n) is 27.7. The molecule has 1 heterocycles. The predicted molar refractivity (Wildman–Crippen MR) is 193 cm³/mol. The van der Waals surface area contributed by atoms with E-state index in [-0.39, 0.29) is 55.6 Å². The summed E-state index contributed by atoms with van der Waals surface area (Å²) in [6, 6.07) is 12.9. The molecule has 13 N–H and O–H groups in total. The zero-order valence-corrected chi connectivity index (χ0v) is 28.5. The van der Waals surface area contributed by atoms with Crippen molar-refractivity contribution in [2.24, 2.45) is 38.7 Å². The molecule has 0 saturated heterocycles. The third kappa shape index (κ3) is 13.5. The first-order chi connectivity index (χ1) is 23.9. The average molecular weight is 708 g/mol. The van der Waals surface area contributed by atoms with Crippen LogP contribution in [0.2, 0.25) is 0 Å². The summed E-state index contributed by atoms with van der Waals surface area (Å²) < 4.78 is 0.813. The number of ketones is 1. The zero-order chi connectivity index (χ0) is 36.5. The molecule has 3 atom stereocenters. The van der Waals surface area contributed by atoms with Crippen LogP contribution in [0.1, 0.15) is 60.3 Å². The van der Waals surface area contributed by atoms with Crippen molar-refractivity contribution in [1.29, 1.82) is 0 Å². The van der Waals surface area contributed by atoms with Crippen molar-refractivity contribution >= 4 is 62.9 Å². The van der Waals surface area contributed by atoms with Gasteiger partial charge in [-0.2, -0.15) is 0 Å². The lowest BCUT2D eigenvalue weighted by molar-refractivity contribution is -0.132. The van der Waals surface area contributed by atoms with E-state index < -0.39 is 47.5 Å². The fourth-order valence-corrected chi connectivity index (χ4v) is 5.89. The van der Waals surface area contributed by atoms with Crippen molar-refractivity contribution in [2.45, 2.75) is 69.5 Å². The second-order valence-corrected chi connectivity index (χ2v) is 12.5. The van der Waals surface area contributed by atoms with E-state index >= 15 is 0 Å². The molecular formula is C33H45N11O5S. The topological polar surface area (TPSA) is 289 Å². The number of hydrogen-bond acceptors (Lipinski definition) is 9. The fourth-order valence-electron chi connectivity index (χ4n) is 4.93. The molecule has 3 aromatic rings. The Morgan fingerprint density at radius 1 is 0.680 bits per heavy atom. The van der Waals surface area contributed by atoms with E-state index in [1.165, 1.54) is 11.3 Å². The number of para-hydroxylation sites is 1. The second-order valence-electron chi connectivity index (χ2n) is 11.5. The quantitative estimate of drug-likeness (QED) is 0.0316. The van der Waals surface area contributed by atoms with Gasteiger partial charge in [-0.1, -0.05) is 42.5 Å². The van der Waals surface area contributed by atoms with Crippen LogP contribution in [0.25, 0.3) is 10.2 Å². The maximum absolute atomic E-state index is 14.0. The number of fused-ring (bicyclic) bond motifs is 1. The van der Waals surface area contributed by atoms with Gasteiger partial charge in [0.1, 0.15) is 12.1 Å². The molecule has 0 spiro atoms. The number of unbranched alkanes of at least 4 members (excludes halogenated alkanes) is 1. The van der Waals surface area contributed by atoms with Gasteiger partial charge in [-0.25, -0.2) is 4.98 Å². The minimum Gasteiger partial charge on any atom is -0.370 e. The standard InChI is InChI=1S/C33H45N11O5S/c34-26(45)16-15-23(41-27(46)14-6-7-17-39-32(35)36)29(48)43-24(19-20-9-2-1-3-10-20)30(49)42-22(12-8-18-40-33(37)38)28(47)31-44-21-11-4-5-13-25(21)50-31/h1-5,9-11,13,22-24H,6-8,12,14-19H2,(H2,34,45)(H,41,46)(H,42,49)(H,43,48)(H4,35,36,39)(H4,37,38,40)/t22?,23?,24-/m0/s1. The van der Waals surface area contributed by atoms with Crippen LogP contribution in [0.15, 0.2) is 64.6 Å². The third-order valence-electron chi connectivity index (χ3n) is 7.44. The Hall–Kier alpha value is -5.58. The van der Waals surface area contributed by atoms with Gasteiger partial charge in [0.05, 0.1) is 16.3 Å². The number of aliphatic imine (C=N–C) groups is 2. The Kier molecular flexibility index (Phi) is 15.6. The van der Waals surface area contributed by atoms with Crippen LogP contribution < -0.4 is 44.6 Å². The van der Waals surface area contributed by atoms with Crippen LogP contribution in [-0.2, 0) is 25.6 Å². The Labute approximate surface area is 293 Å². The number of carbonyl (C=O) groups excluding carboxylic acids is 5. The molecule has 17 heteroatoms. The molecule has 1 aromatic heterocycles. The van der Waals surface area contributed by atoms with E-state index in [0.29, 0.717) is 31.3 Å². The number of benzene rings is 2. The van der Waals surface area contributed by atoms with E-state index in [2.05, 4.69) is 30.9 Å². The number of Topliss-reactive ketones (excluding diaryl/α,β-unsaturated/α-hetero) is 1. The van der Waals surface area contributed by atoms with Gasteiger partial charge in [-0.3, -0.25) is 34.0 Å². The smallest absolute Gasteiger partial charge is 0.243 e. The Morgan fingerprint density at radius 2 is 1.30 bits per heavy atom. The first-order valence-corrected chi connectivity index (χ1v) is 17.0. The number of hydrogen-bond donors (Lipinski definition) is 8. The molecule has 0 aliphatic heterocycles. The Morgan fingerprint density at radius 3 is 1.96 bits per heavy atom. The number of primary amides is 1. The normalized spacial score (nSPS) is 12.6. The van der Waals surface area contributed by atoms with Gasteiger partial charge >= 0.3 is 0 Å². The number of nitrogens with zero attached hydrogens (tertiary/aromatic N) is 3. The number of amides is 4. The fraction of sp³-hybridized carbons (Fsp3) is 0.394. The van der Waals surface area contributed by atoms with Crippen molar-refractivity contribution in [3.8, 4) is 0 Å². The molecule has 0 radical (unpaired) electrons. The lowest BCUT2D eigenvalue weighted by Gasteiger charge is -2.25. The van der Waals surface area contributed by atoms with Gasteiger partial charge in [0.25, 0.3) is 0 Å². The van der Waals surface area contributed by atoms with Crippen LogP contribution >= 0.6 is 11.3 Å². The van der Waals surface area contributed by atoms with Gasteiger partial charge in [-0.15, -0.1) is 11.3 Å². The minimum atomic E-state index is -1.17. The molecule has 268 valence electrons. The van der Waals surface area contributed by atoms with Gasteiger partial charge < -0.3 is 44.6 Å². The molecular weight excluding hydrogens is 663 g/mol. The highest BCUT2D eigenvalue weighted by Crippen LogP contribution is 2.23. The van der Waals surface area contributed by atoms with E-state index in [0.717, 1.165) is 10.3 Å². The molecule has 0 bridgehead atoms. The van der Waals surface area contributed by atoms with Crippen LogP contribution in [0.3, 0.4) is 0 Å². The molecule has 2 aromatic carbocycles. The highest BCUT2D eigenvalue weighted by atomic mass is 32.1. The van der Waals surface area contributed by atoms with Crippen molar-refractivity contribution in [3.05, 3.63) is 65.2 Å². The summed E-state index contributed by atoms with van der Waals surface area (Å²) in [6.45, 7) is 0.565. The molecule has 3 rings (SSSR count). The molecule has 4 amide bonds. The molecule has 0 saturated carbocycles. The van der Waals surface area contributed by atoms with Crippen LogP contribution in [0, 0.1) is 0 Å².